The molecule has 2 atom stereocenters. The zero-order valence-electron chi connectivity index (χ0n) is 10.5. The van der Waals surface area contributed by atoms with Crippen LogP contribution in [-0.4, -0.2) is 30.3 Å². The highest BCUT2D eigenvalue weighted by Crippen LogP contribution is 2.30. The number of nitrogens with zero attached hydrogens (tertiary/aromatic N) is 2. The summed E-state index contributed by atoms with van der Waals surface area (Å²) in [5, 5.41) is -0.00606. The number of pyridine rings is 1. The van der Waals surface area contributed by atoms with E-state index in [1.54, 1.807) is 12.1 Å². The highest BCUT2D eigenvalue weighted by Gasteiger charge is 2.37. The summed E-state index contributed by atoms with van der Waals surface area (Å²) in [6.45, 7) is 4.50. The lowest BCUT2D eigenvalue weighted by atomic mass is 10.1. The molecule has 0 spiro atoms. The van der Waals surface area contributed by atoms with Crippen molar-refractivity contribution in [2.24, 2.45) is 11.8 Å². The number of rotatable bonds is 3. The Morgan fingerprint density at radius 3 is 2.78 bits per heavy atom. The van der Waals surface area contributed by atoms with Crippen molar-refractivity contribution in [1.29, 1.82) is 0 Å². The van der Waals surface area contributed by atoms with Crippen molar-refractivity contribution in [2.45, 2.75) is 31.3 Å². The number of anilines is 1. The first kappa shape index (κ1) is 13.3. The lowest BCUT2D eigenvalue weighted by Crippen LogP contribution is -2.35. The van der Waals surface area contributed by atoms with Crippen LogP contribution in [0.4, 0.5) is 5.69 Å². The van der Waals surface area contributed by atoms with Crippen molar-refractivity contribution in [3.8, 4) is 0 Å². The maximum Gasteiger partial charge on any atom is 0.262 e. The van der Waals surface area contributed by atoms with Gasteiger partial charge in [-0.3, -0.25) is 5.84 Å². The molecule has 0 aromatic carbocycles. The first-order valence-corrected chi connectivity index (χ1v) is 7.34. The molecule has 0 saturated carbocycles. The van der Waals surface area contributed by atoms with Crippen molar-refractivity contribution < 1.29 is 8.42 Å². The van der Waals surface area contributed by atoms with Gasteiger partial charge in [0, 0.05) is 18.8 Å². The lowest BCUT2D eigenvalue weighted by molar-refractivity contribution is 0.404. The Labute approximate surface area is 107 Å². The molecule has 100 valence electrons. The quantitative estimate of drug-likeness (QED) is 0.626. The average Bonchev–Trinajstić information content (AvgIpc) is 2.69. The molecule has 1 fully saturated rings. The molecule has 2 unspecified atom stereocenters. The van der Waals surface area contributed by atoms with E-state index in [1.165, 1.54) is 10.5 Å². The topological polar surface area (TPSA) is 88.3 Å². The standard InChI is InChI=1S/C11H18N4O2S/c1-8-6-9(2)15(7-8)18(16,17)11-10(14-12)4-3-5-13-11/h3-5,8-9,14H,6-7,12H2,1-2H3. The number of hydrogen-bond acceptors (Lipinski definition) is 5. The molecule has 1 aromatic heterocycles. The van der Waals surface area contributed by atoms with E-state index >= 15 is 0 Å². The maximum atomic E-state index is 12.5. The number of nitrogens with two attached hydrogens (primary N) is 1. The minimum Gasteiger partial charge on any atom is -0.321 e. The van der Waals surface area contributed by atoms with Gasteiger partial charge >= 0.3 is 0 Å². The third-order valence-electron chi connectivity index (χ3n) is 3.21. The second-order valence-electron chi connectivity index (χ2n) is 4.77. The Kier molecular flexibility index (Phi) is 3.56. The molecule has 6 nitrogen and oxygen atoms in total. The van der Waals surface area contributed by atoms with Crippen molar-refractivity contribution >= 4 is 15.7 Å². The molecule has 1 aliphatic heterocycles. The Hall–Kier alpha value is -1.18. The molecular formula is C11H18N4O2S. The average molecular weight is 270 g/mol. The largest absolute Gasteiger partial charge is 0.321 e. The fraction of sp³-hybridized carbons (Fsp3) is 0.545. The van der Waals surface area contributed by atoms with Crippen LogP contribution in [0.3, 0.4) is 0 Å². The minimum atomic E-state index is -3.58. The number of sulfonamides is 1. The first-order chi connectivity index (χ1) is 8.46. The number of nitrogens with one attached hydrogen (secondary N) is 1. The van der Waals surface area contributed by atoms with Gasteiger partial charge in [0.1, 0.15) is 0 Å². The van der Waals surface area contributed by atoms with Gasteiger partial charge in [-0.1, -0.05) is 6.92 Å². The van der Waals surface area contributed by atoms with Gasteiger partial charge in [0.25, 0.3) is 10.0 Å². The summed E-state index contributed by atoms with van der Waals surface area (Å²) in [6.07, 6.45) is 2.33. The van der Waals surface area contributed by atoms with Crippen LogP contribution in [0.2, 0.25) is 0 Å². The van der Waals surface area contributed by atoms with Crippen molar-refractivity contribution in [3.05, 3.63) is 18.3 Å². The molecule has 0 aliphatic carbocycles. The Balaban J connectivity index is 2.42. The summed E-state index contributed by atoms with van der Waals surface area (Å²) in [5.41, 5.74) is 2.71. The molecule has 18 heavy (non-hydrogen) atoms. The second kappa shape index (κ2) is 4.83. The summed E-state index contributed by atoms with van der Waals surface area (Å²) in [4.78, 5) is 3.95. The van der Waals surface area contributed by atoms with Gasteiger partial charge in [-0.2, -0.15) is 4.31 Å². The second-order valence-corrected chi connectivity index (χ2v) is 6.57. The molecule has 0 bridgehead atoms. The van der Waals surface area contributed by atoms with Gasteiger partial charge in [0.2, 0.25) is 0 Å². The first-order valence-electron chi connectivity index (χ1n) is 5.90. The number of aromatic nitrogens is 1. The van der Waals surface area contributed by atoms with Crippen LogP contribution in [0.15, 0.2) is 23.4 Å². The van der Waals surface area contributed by atoms with Crippen LogP contribution in [-0.2, 0) is 10.0 Å². The van der Waals surface area contributed by atoms with Crippen LogP contribution in [0.5, 0.6) is 0 Å². The molecule has 2 rings (SSSR count). The number of hydrogen-bond donors (Lipinski definition) is 2. The van der Waals surface area contributed by atoms with Gasteiger partial charge in [-0.25, -0.2) is 13.4 Å². The summed E-state index contributed by atoms with van der Waals surface area (Å²) in [7, 11) is -3.58. The normalized spacial score (nSPS) is 25.3. The van der Waals surface area contributed by atoms with E-state index in [4.69, 9.17) is 5.84 Å². The highest BCUT2D eigenvalue weighted by molar-refractivity contribution is 7.89. The van der Waals surface area contributed by atoms with E-state index in [-0.39, 0.29) is 11.1 Å². The van der Waals surface area contributed by atoms with E-state index in [0.29, 0.717) is 18.2 Å². The molecule has 0 amide bonds. The Morgan fingerprint density at radius 2 is 2.22 bits per heavy atom. The van der Waals surface area contributed by atoms with Gasteiger partial charge < -0.3 is 5.43 Å². The summed E-state index contributed by atoms with van der Waals surface area (Å²) in [5.74, 6) is 5.70. The van der Waals surface area contributed by atoms with Gasteiger partial charge in [-0.15, -0.1) is 0 Å². The zero-order valence-corrected chi connectivity index (χ0v) is 11.3. The van der Waals surface area contributed by atoms with Crippen LogP contribution in [0.25, 0.3) is 0 Å². The van der Waals surface area contributed by atoms with Crippen molar-refractivity contribution in [3.63, 3.8) is 0 Å². The molecule has 2 heterocycles. The molecule has 1 aromatic rings. The van der Waals surface area contributed by atoms with Gasteiger partial charge in [0.15, 0.2) is 5.03 Å². The van der Waals surface area contributed by atoms with Gasteiger partial charge in [-0.05, 0) is 31.4 Å². The SMILES string of the molecule is CC1CC(C)N(S(=O)(=O)c2ncccc2NN)C1. The number of hydrazine groups is 1. The summed E-state index contributed by atoms with van der Waals surface area (Å²) >= 11 is 0. The van der Waals surface area contributed by atoms with Crippen molar-refractivity contribution in [2.75, 3.05) is 12.0 Å². The molecule has 1 aliphatic rings. The van der Waals surface area contributed by atoms with E-state index in [1.807, 2.05) is 13.8 Å². The summed E-state index contributed by atoms with van der Waals surface area (Å²) in [6, 6.07) is 3.24. The molecule has 3 N–H and O–H groups in total. The minimum absolute atomic E-state index is 0.00219. The van der Waals surface area contributed by atoms with E-state index < -0.39 is 10.0 Å². The summed E-state index contributed by atoms with van der Waals surface area (Å²) < 4.78 is 26.6. The van der Waals surface area contributed by atoms with Crippen molar-refractivity contribution in [1.82, 2.24) is 9.29 Å². The smallest absolute Gasteiger partial charge is 0.262 e. The van der Waals surface area contributed by atoms with Crippen LogP contribution >= 0.6 is 0 Å². The predicted molar refractivity (Wildman–Crippen MR) is 69.2 cm³/mol. The number of nitrogen functional groups attached to an aromatic ring is 1. The molecule has 0 radical (unpaired) electrons. The fourth-order valence-corrected chi connectivity index (χ4v) is 4.25. The zero-order chi connectivity index (χ0) is 13.3. The monoisotopic (exact) mass is 270 g/mol. The molecule has 1 saturated heterocycles. The Bertz CT molecular complexity index is 532. The van der Waals surface area contributed by atoms with Gasteiger partial charge in [0.05, 0.1) is 5.69 Å². The fourth-order valence-electron chi connectivity index (χ4n) is 2.41. The maximum absolute atomic E-state index is 12.5. The Morgan fingerprint density at radius 1 is 1.50 bits per heavy atom. The predicted octanol–water partition coefficient (Wildman–Crippen LogP) is 0.786. The van der Waals surface area contributed by atoms with E-state index in [0.717, 1.165) is 6.42 Å². The lowest BCUT2D eigenvalue weighted by Gasteiger charge is -2.21. The van der Waals surface area contributed by atoms with E-state index in [2.05, 4.69) is 10.4 Å². The highest BCUT2D eigenvalue weighted by atomic mass is 32.2. The van der Waals surface area contributed by atoms with E-state index in [9.17, 15) is 8.42 Å². The van der Waals surface area contributed by atoms with Crippen LogP contribution in [0, 0.1) is 5.92 Å². The molecule has 7 heteroatoms. The van der Waals surface area contributed by atoms with Crippen LogP contribution in [0.1, 0.15) is 20.3 Å². The third kappa shape index (κ3) is 2.21. The molecular weight excluding hydrogens is 252 g/mol. The third-order valence-corrected chi connectivity index (χ3v) is 5.15. The van der Waals surface area contributed by atoms with Crippen LogP contribution < -0.4 is 11.3 Å².